The molecule has 27 heavy (non-hydrogen) atoms. The molecule has 0 saturated heterocycles. The Kier molecular flexibility index (Phi) is 3.53. The monoisotopic (exact) mass is 442 g/mol. The zero-order chi connectivity index (χ0) is 18.7. The summed E-state index contributed by atoms with van der Waals surface area (Å²) in [4.78, 5) is 18.0. The molecule has 0 unspecified atom stereocenters. The lowest BCUT2D eigenvalue weighted by molar-refractivity contribution is 0.407. The zero-order valence-corrected chi connectivity index (χ0v) is 16.3. The number of aromatic nitrogens is 2. The lowest BCUT2D eigenvalue weighted by Crippen LogP contribution is -2.05. The number of thiazole rings is 1. The number of nitrogens with zero attached hydrogens (tertiary/aromatic N) is 2. The fourth-order valence-electron chi connectivity index (χ4n) is 3.22. The molecule has 0 amide bonds. The summed E-state index contributed by atoms with van der Waals surface area (Å²) in [5.41, 5.74) is 2.49. The van der Waals surface area contributed by atoms with Gasteiger partial charge in [0.2, 0.25) is 0 Å². The molecule has 0 aliphatic heterocycles. The van der Waals surface area contributed by atoms with Crippen LogP contribution < -0.4 is 10.4 Å². The second kappa shape index (κ2) is 5.83. The van der Waals surface area contributed by atoms with Gasteiger partial charge in [-0.05, 0) is 40.2 Å². The fourth-order valence-corrected chi connectivity index (χ4v) is 4.93. The van der Waals surface area contributed by atoms with E-state index < -0.39 is 5.63 Å². The second-order valence-electron chi connectivity index (χ2n) is 5.95. The number of fused-ring (bicyclic) bond motifs is 4. The molecule has 3 heterocycles. The Morgan fingerprint density at radius 3 is 2.93 bits per heavy atom. The number of aromatic hydroxyl groups is 1. The number of hydrogen-bond acceptors (Lipinski definition) is 6. The smallest absolute Gasteiger partial charge is 0.345 e. The topological polar surface area (TPSA) is 77.0 Å². The average molecular weight is 443 g/mol. The van der Waals surface area contributed by atoms with E-state index in [4.69, 9.17) is 9.15 Å². The van der Waals surface area contributed by atoms with Crippen molar-refractivity contribution in [3.05, 3.63) is 56.7 Å². The molecule has 0 aliphatic carbocycles. The molecule has 0 radical (unpaired) electrons. The first-order valence-electron chi connectivity index (χ1n) is 7.97. The van der Waals surface area contributed by atoms with Gasteiger partial charge in [0.15, 0.2) is 16.3 Å². The predicted octanol–water partition coefficient (Wildman–Crippen LogP) is 4.80. The summed E-state index contributed by atoms with van der Waals surface area (Å²) < 4.78 is 13.5. The third-order valence-electron chi connectivity index (χ3n) is 4.40. The van der Waals surface area contributed by atoms with Crippen molar-refractivity contribution in [3.8, 4) is 22.8 Å². The molecule has 2 aromatic carbocycles. The van der Waals surface area contributed by atoms with Crippen molar-refractivity contribution in [1.82, 2.24) is 9.38 Å². The minimum Gasteiger partial charge on any atom is -0.508 e. The number of phenolic OH excluding ortho intramolecular Hbond substituents is 1. The standard InChI is InChI=1S/C19H11BrN2O4S/c1-25-14-4-2-3-9-7-11(18(24)26-16(9)14)15-17(20)27-19-21-12-8-10(23)5-6-13(12)22(15)19/h2-8,23H,1H3. The summed E-state index contributed by atoms with van der Waals surface area (Å²) in [6.45, 7) is 0. The summed E-state index contributed by atoms with van der Waals surface area (Å²) in [5, 5.41) is 10.5. The van der Waals surface area contributed by atoms with Crippen LogP contribution in [0.1, 0.15) is 0 Å². The van der Waals surface area contributed by atoms with Gasteiger partial charge in [-0.3, -0.25) is 4.40 Å². The lowest BCUT2D eigenvalue weighted by atomic mass is 10.1. The molecule has 6 nitrogen and oxygen atoms in total. The Morgan fingerprint density at radius 2 is 2.11 bits per heavy atom. The van der Waals surface area contributed by atoms with Crippen molar-refractivity contribution >= 4 is 54.2 Å². The molecule has 134 valence electrons. The highest BCUT2D eigenvalue weighted by atomic mass is 79.9. The summed E-state index contributed by atoms with van der Waals surface area (Å²) in [7, 11) is 1.54. The Morgan fingerprint density at radius 1 is 1.26 bits per heavy atom. The third kappa shape index (κ3) is 2.37. The number of hydrogen-bond donors (Lipinski definition) is 1. The molecule has 3 aromatic heterocycles. The van der Waals surface area contributed by atoms with E-state index >= 15 is 0 Å². The molecular formula is C19H11BrN2O4S. The minimum atomic E-state index is -0.465. The van der Waals surface area contributed by atoms with Gasteiger partial charge in [0, 0.05) is 11.5 Å². The van der Waals surface area contributed by atoms with Gasteiger partial charge in [-0.2, -0.15) is 0 Å². The normalized spacial score (nSPS) is 11.6. The second-order valence-corrected chi connectivity index (χ2v) is 8.25. The molecular weight excluding hydrogens is 432 g/mol. The number of para-hydroxylation sites is 1. The number of imidazole rings is 1. The van der Waals surface area contributed by atoms with Crippen molar-refractivity contribution in [1.29, 1.82) is 0 Å². The van der Waals surface area contributed by atoms with Gasteiger partial charge in [0.05, 0.1) is 33.2 Å². The highest BCUT2D eigenvalue weighted by Gasteiger charge is 2.21. The van der Waals surface area contributed by atoms with E-state index in [1.54, 1.807) is 30.3 Å². The van der Waals surface area contributed by atoms with Crippen LogP contribution in [0.5, 0.6) is 11.5 Å². The fraction of sp³-hybridized carbons (Fsp3) is 0.0526. The SMILES string of the molecule is COc1cccc2cc(-c3c(Br)sc4nc5cc(O)ccc5n34)c(=O)oc12. The molecule has 0 saturated carbocycles. The number of benzene rings is 2. The van der Waals surface area contributed by atoms with E-state index in [-0.39, 0.29) is 5.75 Å². The van der Waals surface area contributed by atoms with Crippen LogP contribution in [0.25, 0.3) is 38.2 Å². The van der Waals surface area contributed by atoms with E-state index in [0.29, 0.717) is 33.1 Å². The Bertz CT molecular complexity index is 1420. The molecule has 0 aliphatic rings. The maximum absolute atomic E-state index is 12.8. The van der Waals surface area contributed by atoms with Gasteiger partial charge in [0.1, 0.15) is 5.75 Å². The Labute approximate surface area is 164 Å². The van der Waals surface area contributed by atoms with Gasteiger partial charge >= 0.3 is 5.63 Å². The predicted molar refractivity (Wildman–Crippen MR) is 108 cm³/mol. The zero-order valence-electron chi connectivity index (χ0n) is 13.9. The van der Waals surface area contributed by atoms with E-state index in [2.05, 4.69) is 20.9 Å². The van der Waals surface area contributed by atoms with Crippen molar-refractivity contribution in [2.75, 3.05) is 7.11 Å². The average Bonchev–Trinajstić information content (AvgIpc) is 3.14. The van der Waals surface area contributed by atoms with E-state index in [1.165, 1.54) is 18.4 Å². The van der Waals surface area contributed by atoms with Crippen molar-refractivity contribution in [2.24, 2.45) is 0 Å². The number of ether oxygens (including phenoxy) is 1. The summed E-state index contributed by atoms with van der Waals surface area (Å²) in [6.07, 6.45) is 0. The molecule has 8 heteroatoms. The largest absolute Gasteiger partial charge is 0.508 e. The minimum absolute atomic E-state index is 0.145. The Hall–Kier alpha value is -2.84. The molecule has 0 fully saturated rings. The van der Waals surface area contributed by atoms with Gasteiger partial charge in [-0.15, -0.1) is 0 Å². The van der Waals surface area contributed by atoms with Crippen LogP contribution in [-0.2, 0) is 0 Å². The quantitative estimate of drug-likeness (QED) is 0.397. The van der Waals surface area contributed by atoms with Crippen LogP contribution in [0.4, 0.5) is 0 Å². The van der Waals surface area contributed by atoms with Gasteiger partial charge < -0.3 is 14.3 Å². The van der Waals surface area contributed by atoms with Crippen LogP contribution in [0.15, 0.2) is 55.5 Å². The number of phenols is 1. The van der Waals surface area contributed by atoms with E-state index in [9.17, 15) is 9.90 Å². The number of methoxy groups -OCH3 is 1. The molecule has 5 rings (SSSR count). The maximum atomic E-state index is 12.8. The number of halogens is 1. The van der Waals surface area contributed by atoms with Crippen LogP contribution in [-0.4, -0.2) is 21.6 Å². The molecule has 0 spiro atoms. The first kappa shape index (κ1) is 16.3. The van der Waals surface area contributed by atoms with Crippen molar-refractivity contribution in [3.63, 3.8) is 0 Å². The van der Waals surface area contributed by atoms with E-state index in [0.717, 1.165) is 14.7 Å². The van der Waals surface area contributed by atoms with Crippen molar-refractivity contribution < 1.29 is 14.3 Å². The Balaban J connectivity index is 1.88. The van der Waals surface area contributed by atoms with Crippen LogP contribution >= 0.6 is 27.3 Å². The van der Waals surface area contributed by atoms with Crippen molar-refractivity contribution in [2.45, 2.75) is 0 Å². The third-order valence-corrected chi connectivity index (χ3v) is 6.09. The van der Waals surface area contributed by atoms with Gasteiger partial charge in [0.25, 0.3) is 0 Å². The summed E-state index contributed by atoms with van der Waals surface area (Å²) in [5.74, 6) is 0.653. The summed E-state index contributed by atoms with van der Waals surface area (Å²) >= 11 is 4.96. The molecule has 1 N–H and O–H groups in total. The van der Waals surface area contributed by atoms with Crippen LogP contribution in [0.3, 0.4) is 0 Å². The lowest BCUT2D eigenvalue weighted by Gasteiger charge is -2.06. The van der Waals surface area contributed by atoms with Gasteiger partial charge in [-0.1, -0.05) is 23.5 Å². The van der Waals surface area contributed by atoms with E-state index in [1.807, 2.05) is 16.5 Å². The molecule has 5 aromatic rings. The molecule has 0 bridgehead atoms. The first-order valence-corrected chi connectivity index (χ1v) is 9.58. The summed E-state index contributed by atoms with van der Waals surface area (Å²) in [6, 6.07) is 12.2. The highest BCUT2D eigenvalue weighted by molar-refractivity contribution is 9.11. The van der Waals surface area contributed by atoms with Crippen LogP contribution in [0, 0.1) is 0 Å². The molecule has 0 atom stereocenters. The van der Waals surface area contributed by atoms with Crippen LogP contribution in [0.2, 0.25) is 0 Å². The van der Waals surface area contributed by atoms with Gasteiger partial charge in [-0.25, -0.2) is 9.78 Å². The highest BCUT2D eigenvalue weighted by Crippen LogP contribution is 2.39. The maximum Gasteiger partial charge on any atom is 0.345 e. The number of rotatable bonds is 2. The first-order chi connectivity index (χ1) is 13.1.